The zero-order valence-electron chi connectivity index (χ0n) is 11.1. The maximum absolute atomic E-state index is 11.6. The third-order valence-electron chi connectivity index (χ3n) is 3.15. The van der Waals surface area contributed by atoms with E-state index in [1.165, 1.54) is 7.11 Å². The first-order chi connectivity index (χ1) is 9.70. The molecule has 0 fully saturated rings. The van der Waals surface area contributed by atoms with Crippen LogP contribution >= 0.6 is 0 Å². The number of fused-ring (bicyclic) bond motifs is 1. The number of rotatable bonds is 3. The molecule has 0 amide bonds. The van der Waals surface area contributed by atoms with Gasteiger partial charge in [-0.15, -0.1) is 10.2 Å². The number of aromatic nitrogens is 5. The van der Waals surface area contributed by atoms with Gasteiger partial charge >= 0.3 is 5.97 Å². The van der Waals surface area contributed by atoms with E-state index >= 15 is 0 Å². The summed E-state index contributed by atoms with van der Waals surface area (Å²) in [7, 11) is 1.35. The average Bonchev–Trinajstić information content (AvgIpc) is 3.14. The van der Waals surface area contributed by atoms with Crippen LogP contribution in [0.5, 0.6) is 0 Å². The largest absolute Gasteiger partial charge is 0.465 e. The second kappa shape index (κ2) is 4.76. The molecule has 3 rings (SSSR count). The van der Waals surface area contributed by atoms with Crippen molar-refractivity contribution in [2.75, 3.05) is 7.11 Å². The lowest BCUT2D eigenvalue weighted by molar-refractivity contribution is 0.0600. The molecule has 3 aromatic rings. The number of esters is 1. The highest BCUT2D eigenvalue weighted by Gasteiger charge is 2.16. The van der Waals surface area contributed by atoms with Crippen molar-refractivity contribution in [1.82, 2.24) is 24.4 Å². The molecular formula is C13H13N5O2. The quantitative estimate of drug-likeness (QED) is 0.672. The first kappa shape index (κ1) is 12.3. The number of nitrogens with zero attached hydrogens (tertiary/aromatic N) is 5. The predicted octanol–water partition coefficient (Wildman–Crippen LogP) is 1.32. The molecule has 0 N–H and O–H groups in total. The van der Waals surface area contributed by atoms with Crippen LogP contribution in [0.15, 0.2) is 36.8 Å². The van der Waals surface area contributed by atoms with Gasteiger partial charge < -0.3 is 4.74 Å². The number of ether oxygens (including phenoxy) is 1. The first-order valence-corrected chi connectivity index (χ1v) is 6.13. The van der Waals surface area contributed by atoms with Gasteiger partial charge in [-0.05, 0) is 25.1 Å². The molecule has 1 atom stereocenters. The Labute approximate surface area is 114 Å². The molecule has 0 aromatic carbocycles. The Balaban J connectivity index is 2.09. The first-order valence-electron chi connectivity index (χ1n) is 6.13. The monoisotopic (exact) mass is 271 g/mol. The fourth-order valence-electron chi connectivity index (χ4n) is 2.06. The van der Waals surface area contributed by atoms with Gasteiger partial charge in [0.25, 0.3) is 0 Å². The van der Waals surface area contributed by atoms with Crippen LogP contribution < -0.4 is 0 Å². The van der Waals surface area contributed by atoms with Crippen molar-refractivity contribution in [3.8, 4) is 0 Å². The van der Waals surface area contributed by atoms with Crippen LogP contribution in [0.2, 0.25) is 0 Å². The fourth-order valence-corrected chi connectivity index (χ4v) is 2.06. The lowest BCUT2D eigenvalue weighted by atomic mass is 10.2. The maximum Gasteiger partial charge on any atom is 0.339 e. The van der Waals surface area contributed by atoms with Crippen molar-refractivity contribution in [2.24, 2.45) is 0 Å². The van der Waals surface area contributed by atoms with Crippen LogP contribution in [0, 0.1) is 0 Å². The Morgan fingerprint density at radius 1 is 1.35 bits per heavy atom. The summed E-state index contributed by atoms with van der Waals surface area (Å²) in [6.07, 6.45) is 5.24. The van der Waals surface area contributed by atoms with E-state index in [2.05, 4.69) is 15.3 Å². The third kappa shape index (κ3) is 1.93. The Bertz CT molecular complexity index is 747. The molecule has 0 saturated carbocycles. The molecule has 3 heterocycles. The Kier molecular flexibility index (Phi) is 2.94. The van der Waals surface area contributed by atoms with E-state index in [-0.39, 0.29) is 6.04 Å². The fraction of sp³-hybridized carbons (Fsp3) is 0.231. The van der Waals surface area contributed by atoms with E-state index in [0.29, 0.717) is 17.0 Å². The highest BCUT2D eigenvalue weighted by molar-refractivity contribution is 5.89. The van der Waals surface area contributed by atoms with Crippen molar-refractivity contribution in [3.63, 3.8) is 0 Å². The molecule has 3 aromatic heterocycles. The van der Waals surface area contributed by atoms with Crippen LogP contribution in [-0.4, -0.2) is 37.5 Å². The molecule has 0 spiro atoms. The summed E-state index contributed by atoms with van der Waals surface area (Å²) in [5.41, 5.74) is 1.13. The number of carbonyl (C=O) groups excluding carboxylic acids is 1. The summed E-state index contributed by atoms with van der Waals surface area (Å²) in [6.45, 7) is 1.97. The third-order valence-corrected chi connectivity index (χ3v) is 3.15. The molecule has 0 saturated heterocycles. The molecule has 7 nitrogen and oxygen atoms in total. The van der Waals surface area contributed by atoms with Gasteiger partial charge in [0.1, 0.15) is 6.04 Å². The molecule has 0 aliphatic carbocycles. The van der Waals surface area contributed by atoms with Gasteiger partial charge in [-0.25, -0.2) is 4.79 Å². The summed E-state index contributed by atoms with van der Waals surface area (Å²) in [6, 6.07) is 5.16. The summed E-state index contributed by atoms with van der Waals surface area (Å²) in [5, 5.41) is 12.5. The smallest absolute Gasteiger partial charge is 0.339 e. The highest BCUT2D eigenvalue weighted by atomic mass is 16.5. The van der Waals surface area contributed by atoms with Crippen LogP contribution in [-0.2, 0) is 4.74 Å². The standard InChI is InChI=1S/C13H13N5O2/c1-9(18-7-3-6-14-18)12-16-15-11-5-4-10(8-17(11)12)13(19)20-2/h3-9H,1-2H3. The van der Waals surface area contributed by atoms with Gasteiger partial charge in [0.15, 0.2) is 11.5 Å². The SMILES string of the molecule is COC(=O)c1ccc2nnc(C(C)n3cccn3)n2c1. The summed E-state index contributed by atoms with van der Waals surface area (Å²) in [5.74, 6) is 0.313. The minimum Gasteiger partial charge on any atom is -0.465 e. The molecule has 0 bridgehead atoms. The lowest BCUT2D eigenvalue weighted by Gasteiger charge is -2.10. The Hall–Kier alpha value is -2.70. The highest BCUT2D eigenvalue weighted by Crippen LogP contribution is 2.17. The molecule has 102 valence electrons. The zero-order valence-corrected chi connectivity index (χ0v) is 11.1. The van der Waals surface area contributed by atoms with E-state index in [4.69, 9.17) is 4.74 Å². The van der Waals surface area contributed by atoms with Crippen LogP contribution in [0.25, 0.3) is 5.65 Å². The van der Waals surface area contributed by atoms with Crippen molar-refractivity contribution in [2.45, 2.75) is 13.0 Å². The molecule has 7 heteroatoms. The van der Waals surface area contributed by atoms with Gasteiger partial charge in [0.05, 0.1) is 12.7 Å². The summed E-state index contributed by atoms with van der Waals surface area (Å²) >= 11 is 0. The average molecular weight is 271 g/mol. The van der Waals surface area contributed by atoms with Crippen LogP contribution in [0.4, 0.5) is 0 Å². The predicted molar refractivity (Wildman–Crippen MR) is 70.4 cm³/mol. The molecule has 0 radical (unpaired) electrons. The molecule has 1 unspecified atom stereocenters. The van der Waals surface area contributed by atoms with Gasteiger partial charge in [-0.1, -0.05) is 0 Å². The number of methoxy groups -OCH3 is 1. The second-order valence-electron chi connectivity index (χ2n) is 4.36. The van der Waals surface area contributed by atoms with E-state index < -0.39 is 5.97 Å². The minimum atomic E-state index is -0.390. The number of pyridine rings is 1. The Morgan fingerprint density at radius 2 is 2.20 bits per heavy atom. The van der Waals surface area contributed by atoms with Crippen LogP contribution in [0.1, 0.15) is 29.1 Å². The summed E-state index contributed by atoms with van der Waals surface area (Å²) < 4.78 is 8.28. The Morgan fingerprint density at radius 3 is 2.90 bits per heavy atom. The minimum absolute atomic E-state index is 0.0899. The normalized spacial score (nSPS) is 12.5. The van der Waals surface area contributed by atoms with E-state index in [9.17, 15) is 4.79 Å². The second-order valence-corrected chi connectivity index (χ2v) is 4.36. The molecule has 0 aliphatic heterocycles. The molecule has 20 heavy (non-hydrogen) atoms. The number of carbonyl (C=O) groups is 1. The van der Waals surface area contributed by atoms with Crippen LogP contribution in [0.3, 0.4) is 0 Å². The maximum atomic E-state index is 11.6. The molecule has 0 aliphatic rings. The topological polar surface area (TPSA) is 74.3 Å². The molecular weight excluding hydrogens is 258 g/mol. The van der Waals surface area contributed by atoms with E-state index in [0.717, 1.165) is 0 Å². The van der Waals surface area contributed by atoms with Crippen molar-refractivity contribution in [3.05, 3.63) is 48.2 Å². The van der Waals surface area contributed by atoms with Crippen molar-refractivity contribution < 1.29 is 9.53 Å². The van der Waals surface area contributed by atoms with Crippen molar-refractivity contribution >= 4 is 11.6 Å². The zero-order chi connectivity index (χ0) is 14.1. The number of hydrogen-bond donors (Lipinski definition) is 0. The van der Waals surface area contributed by atoms with Gasteiger partial charge in [0, 0.05) is 18.6 Å². The van der Waals surface area contributed by atoms with E-state index in [1.807, 2.05) is 19.2 Å². The van der Waals surface area contributed by atoms with E-state index in [1.54, 1.807) is 33.6 Å². The van der Waals surface area contributed by atoms with Gasteiger partial charge in [0.2, 0.25) is 0 Å². The summed E-state index contributed by atoms with van der Waals surface area (Å²) in [4.78, 5) is 11.6. The number of hydrogen-bond acceptors (Lipinski definition) is 5. The van der Waals surface area contributed by atoms with Gasteiger partial charge in [-0.2, -0.15) is 5.10 Å². The van der Waals surface area contributed by atoms with Crippen molar-refractivity contribution in [1.29, 1.82) is 0 Å². The lowest BCUT2D eigenvalue weighted by Crippen LogP contribution is -2.12. The van der Waals surface area contributed by atoms with Gasteiger partial charge in [-0.3, -0.25) is 9.08 Å².